The van der Waals surface area contributed by atoms with Crippen molar-refractivity contribution in [3.05, 3.63) is 39.7 Å². The van der Waals surface area contributed by atoms with Crippen molar-refractivity contribution in [2.24, 2.45) is 0 Å². The minimum atomic E-state index is -0.194. The highest BCUT2D eigenvalue weighted by molar-refractivity contribution is 7.11. The van der Waals surface area contributed by atoms with Crippen molar-refractivity contribution >= 4 is 23.1 Å². The van der Waals surface area contributed by atoms with E-state index in [1.165, 1.54) is 9.75 Å². The van der Waals surface area contributed by atoms with Gasteiger partial charge in [-0.3, -0.25) is 4.79 Å². The SMILES string of the molecule is CNc1ccc(C(=O)NC(C)Cc2ccc(C)s2)nn1. The molecule has 0 aliphatic rings. The fraction of sp³-hybridized carbons (Fsp3) is 0.357. The Kier molecular flexibility index (Phi) is 4.68. The second-order valence-electron chi connectivity index (χ2n) is 4.64. The zero-order valence-electron chi connectivity index (χ0n) is 11.8. The van der Waals surface area contributed by atoms with Gasteiger partial charge < -0.3 is 10.6 Å². The molecular weight excluding hydrogens is 272 g/mol. The van der Waals surface area contributed by atoms with E-state index in [9.17, 15) is 4.79 Å². The van der Waals surface area contributed by atoms with Crippen LogP contribution in [0.3, 0.4) is 0 Å². The van der Waals surface area contributed by atoms with Crippen molar-refractivity contribution in [1.82, 2.24) is 15.5 Å². The largest absolute Gasteiger partial charge is 0.372 e. The quantitative estimate of drug-likeness (QED) is 0.886. The molecule has 20 heavy (non-hydrogen) atoms. The van der Waals surface area contributed by atoms with Gasteiger partial charge in [-0.2, -0.15) is 0 Å². The molecule has 0 bridgehead atoms. The number of aromatic nitrogens is 2. The van der Waals surface area contributed by atoms with Gasteiger partial charge in [-0.1, -0.05) is 0 Å². The maximum absolute atomic E-state index is 12.0. The summed E-state index contributed by atoms with van der Waals surface area (Å²) in [4.78, 5) is 14.6. The number of anilines is 1. The number of carbonyl (C=O) groups is 1. The van der Waals surface area contributed by atoms with E-state index >= 15 is 0 Å². The molecule has 2 aromatic heterocycles. The van der Waals surface area contributed by atoms with Crippen LogP contribution in [0.1, 0.15) is 27.2 Å². The van der Waals surface area contributed by atoms with E-state index in [4.69, 9.17) is 0 Å². The molecule has 2 heterocycles. The Labute approximate surface area is 122 Å². The van der Waals surface area contributed by atoms with Crippen molar-refractivity contribution in [2.75, 3.05) is 12.4 Å². The summed E-state index contributed by atoms with van der Waals surface area (Å²) >= 11 is 1.76. The summed E-state index contributed by atoms with van der Waals surface area (Å²) in [5, 5.41) is 13.6. The molecule has 2 rings (SSSR count). The van der Waals surface area contributed by atoms with Crippen molar-refractivity contribution in [3.8, 4) is 0 Å². The van der Waals surface area contributed by atoms with Gasteiger partial charge in [0.1, 0.15) is 5.82 Å². The third kappa shape index (κ3) is 3.77. The van der Waals surface area contributed by atoms with E-state index < -0.39 is 0 Å². The number of nitrogens with one attached hydrogen (secondary N) is 2. The van der Waals surface area contributed by atoms with Crippen LogP contribution in [-0.2, 0) is 6.42 Å². The van der Waals surface area contributed by atoms with Crippen molar-refractivity contribution < 1.29 is 4.79 Å². The summed E-state index contributed by atoms with van der Waals surface area (Å²) in [6, 6.07) is 7.65. The average molecular weight is 290 g/mol. The molecule has 2 aromatic rings. The van der Waals surface area contributed by atoms with Gasteiger partial charge in [0.25, 0.3) is 5.91 Å². The van der Waals surface area contributed by atoms with Gasteiger partial charge in [0.2, 0.25) is 0 Å². The summed E-state index contributed by atoms with van der Waals surface area (Å²) in [5.74, 6) is 0.449. The highest BCUT2D eigenvalue weighted by Gasteiger charge is 2.12. The Hall–Kier alpha value is -1.95. The number of aryl methyl sites for hydroxylation is 1. The summed E-state index contributed by atoms with van der Waals surface area (Å²) in [5.41, 5.74) is 0.332. The monoisotopic (exact) mass is 290 g/mol. The molecule has 0 saturated carbocycles. The van der Waals surface area contributed by atoms with Gasteiger partial charge in [-0.15, -0.1) is 21.5 Å². The van der Waals surface area contributed by atoms with Gasteiger partial charge in [0.15, 0.2) is 5.69 Å². The first-order valence-electron chi connectivity index (χ1n) is 6.46. The fourth-order valence-electron chi connectivity index (χ4n) is 1.83. The predicted octanol–water partition coefficient (Wildman–Crippen LogP) is 2.25. The number of rotatable bonds is 5. The molecule has 1 atom stereocenters. The number of amides is 1. The number of nitrogens with zero attached hydrogens (tertiary/aromatic N) is 2. The number of carbonyl (C=O) groups excluding carboxylic acids is 1. The summed E-state index contributed by atoms with van der Waals surface area (Å²) in [6.45, 7) is 4.07. The van der Waals surface area contributed by atoms with Gasteiger partial charge in [-0.25, -0.2) is 0 Å². The molecule has 0 spiro atoms. The smallest absolute Gasteiger partial charge is 0.272 e. The zero-order chi connectivity index (χ0) is 14.5. The Morgan fingerprint density at radius 1 is 1.30 bits per heavy atom. The van der Waals surface area contributed by atoms with Crippen LogP contribution in [0, 0.1) is 6.92 Å². The van der Waals surface area contributed by atoms with Crippen LogP contribution in [0.4, 0.5) is 5.82 Å². The van der Waals surface area contributed by atoms with Crippen LogP contribution in [0.2, 0.25) is 0 Å². The minimum Gasteiger partial charge on any atom is -0.372 e. The molecule has 0 saturated heterocycles. The molecule has 0 fully saturated rings. The fourth-order valence-corrected chi connectivity index (χ4v) is 2.85. The first kappa shape index (κ1) is 14.5. The molecule has 0 aliphatic heterocycles. The van der Waals surface area contributed by atoms with E-state index in [0.29, 0.717) is 11.5 Å². The molecule has 0 aromatic carbocycles. The lowest BCUT2D eigenvalue weighted by Gasteiger charge is -2.12. The third-order valence-corrected chi connectivity index (χ3v) is 3.86. The first-order chi connectivity index (χ1) is 9.58. The molecule has 2 N–H and O–H groups in total. The van der Waals surface area contributed by atoms with Gasteiger partial charge in [0.05, 0.1) is 0 Å². The maximum Gasteiger partial charge on any atom is 0.272 e. The normalized spacial score (nSPS) is 11.9. The summed E-state index contributed by atoms with van der Waals surface area (Å²) < 4.78 is 0. The summed E-state index contributed by atoms with van der Waals surface area (Å²) in [7, 11) is 1.76. The number of hydrogen-bond acceptors (Lipinski definition) is 5. The molecule has 0 radical (unpaired) electrons. The lowest BCUT2D eigenvalue weighted by molar-refractivity contribution is 0.0934. The second-order valence-corrected chi connectivity index (χ2v) is 6.02. The summed E-state index contributed by atoms with van der Waals surface area (Å²) in [6.07, 6.45) is 0.826. The molecule has 1 amide bonds. The number of hydrogen-bond donors (Lipinski definition) is 2. The van der Waals surface area contributed by atoms with Crippen molar-refractivity contribution in [2.45, 2.75) is 26.3 Å². The molecule has 1 unspecified atom stereocenters. The standard InChI is InChI=1S/C14H18N4OS/c1-9(8-11-5-4-10(2)20-11)16-14(19)12-6-7-13(15-3)18-17-12/h4-7,9H,8H2,1-3H3,(H,15,18)(H,16,19). The molecular formula is C14H18N4OS. The lowest BCUT2D eigenvalue weighted by atomic mass is 10.2. The molecule has 106 valence electrons. The van der Waals surface area contributed by atoms with Gasteiger partial charge >= 0.3 is 0 Å². The average Bonchev–Trinajstić information content (AvgIpc) is 2.84. The zero-order valence-corrected chi connectivity index (χ0v) is 12.6. The van der Waals surface area contributed by atoms with Crippen LogP contribution in [0.5, 0.6) is 0 Å². The first-order valence-corrected chi connectivity index (χ1v) is 7.28. The van der Waals surface area contributed by atoms with Gasteiger partial charge in [-0.05, 0) is 38.1 Å². The van der Waals surface area contributed by atoms with E-state index in [1.54, 1.807) is 30.5 Å². The topological polar surface area (TPSA) is 66.9 Å². The minimum absolute atomic E-state index is 0.0614. The Morgan fingerprint density at radius 3 is 2.65 bits per heavy atom. The van der Waals surface area contributed by atoms with Gasteiger partial charge in [0, 0.05) is 29.3 Å². The van der Waals surface area contributed by atoms with Crippen molar-refractivity contribution in [3.63, 3.8) is 0 Å². The van der Waals surface area contributed by atoms with E-state index in [2.05, 4.69) is 39.9 Å². The van der Waals surface area contributed by atoms with E-state index in [-0.39, 0.29) is 11.9 Å². The highest BCUT2D eigenvalue weighted by atomic mass is 32.1. The maximum atomic E-state index is 12.0. The van der Waals surface area contributed by atoms with Crippen LogP contribution < -0.4 is 10.6 Å². The van der Waals surface area contributed by atoms with Crippen LogP contribution >= 0.6 is 11.3 Å². The lowest BCUT2D eigenvalue weighted by Crippen LogP contribution is -2.34. The third-order valence-electron chi connectivity index (χ3n) is 2.83. The Balaban J connectivity index is 1.92. The van der Waals surface area contributed by atoms with Crippen molar-refractivity contribution in [1.29, 1.82) is 0 Å². The molecule has 0 aliphatic carbocycles. The molecule has 6 heteroatoms. The van der Waals surface area contributed by atoms with Crippen LogP contribution in [-0.4, -0.2) is 29.2 Å². The Morgan fingerprint density at radius 2 is 2.10 bits per heavy atom. The molecule has 5 nitrogen and oxygen atoms in total. The van der Waals surface area contributed by atoms with Crippen LogP contribution in [0.25, 0.3) is 0 Å². The highest BCUT2D eigenvalue weighted by Crippen LogP contribution is 2.16. The van der Waals surface area contributed by atoms with Crippen LogP contribution in [0.15, 0.2) is 24.3 Å². The Bertz CT molecular complexity index is 579. The van der Waals surface area contributed by atoms with E-state index in [0.717, 1.165) is 6.42 Å². The predicted molar refractivity (Wildman–Crippen MR) is 81.3 cm³/mol. The second kappa shape index (κ2) is 6.47. The number of thiophene rings is 1. The van der Waals surface area contributed by atoms with E-state index in [1.807, 2.05) is 6.92 Å².